The number of hydrogen-bond donors (Lipinski definition) is 1. The zero-order valence-corrected chi connectivity index (χ0v) is 17.5. The third kappa shape index (κ3) is 3.41. The Morgan fingerprint density at radius 2 is 2.04 bits per heavy atom. The second kappa shape index (κ2) is 7.47. The quantitative estimate of drug-likeness (QED) is 0.615. The average Bonchev–Trinajstić information content (AvgIpc) is 3.03. The molecule has 1 aliphatic carbocycles. The lowest BCUT2D eigenvalue weighted by molar-refractivity contribution is 0.509. The SMILES string of the molecule is CCN(CC)c1ccc(Nc2ncnc3sc4c(c23)CCC(C)C4)c(C)c1. The van der Waals surface area contributed by atoms with Gasteiger partial charge in [-0.1, -0.05) is 6.92 Å². The lowest BCUT2D eigenvalue weighted by Crippen LogP contribution is -2.21. The molecule has 4 nitrogen and oxygen atoms in total. The molecule has 0 fully saturated rings. The monoisotopic (exact) mass is 380 g/mol. The van der Waals surface area contributed by atoms with Crippen LogP contribution in [0.2, 0.25) is 0 Å². The number of anilines is 3. The Morgan fingerprint density at radius 1 is 1.22 bits per heavy atom. The van der Waals surface area contributed by atoms with Crippen molar-refractivity contribution in [3.8, 4) is 0 Å². The summed E-state index contributed by atoms with van der Waals surface area (Å²) in [5.74, 6) is 1.72. The summed E-state index contributed by atoms with van der Waals surface area (Å²) in [5.41, 5.74) is 5.10. The van der Waals surface area contributed by atoms with Crippen LogP contribution < -0.4 is 10.2 Å². The number of nitrogens with one attached hydrogen (secondary N) is 1. The van der Waals surface area contributed by atoms with Gasteiger partial charge in [0.2, 0.25) is 0 Å². The molecular formula is C22H28N4S. The first-order chi connectivity index (χ1) is 13.1. The second-order valence-electron chi connectivity index (χ2n) is 7.55. The van der Waals surface area contributed by atoms with Gasteiger partial charge in [-0.05, 0) is 75.3 Å². The summed E-state index contributed by atoms with van der Waals surface area (Å²) in [4.78, 5) is 14.1. The Kier molecular flexibility index (Phi) is 5.04. The largest absolute Gasteiger partial charge is 0.372 e. The van der Waals surface area contributed by atoms with Crippen molar-refractivity contribution in [2.45, 2.75) is 47.0 Å². The molecule has 1 N–H and O–H groups in total. The topological polar surface area (TPSA) is 41.0 Å². The predicted octanol–water partition coefficient (Wildman–Crippen LogP) is 5.71. The highest BCUT2D eigenvalue weighted by Crippen LogP contribution is 2.40. The van der Waals surface area contributed by atoms with Gasteiger partial charge < -0.3 is 10.2 Å². The third-order valence-corrected chi connectivity index (χ3v) is 6.85. The van der Waals surface area contributed by atoms with E-state index in [1.54, 1.807) is 6.33 Å². The smallest absolute Gasteiger partial charge is 0.142 e. The summed E-state index contributed by atoms with van der Waals surface area (Å²) in [7, 11) is 0. The molecule has 1 unspecified atom stereocenters. The van der Waals surface area contributed by atoms with Crippen LogP contribution in [0, 0.1) is 12.8 Å². The fraction of sp³-hybridized carbons (Fsp3) is 0.455. The maximum Gasteiger partial charge on any atom is 0.142 e. The van der Waals surface area contributed by atoms with Crippen molar-refractivity contribution >= 4 is 38.7 Å². The number of hydrogen-bond acceptors (Lipinski definition) is 5. The Morgan fingerprint density at radius 3 is 2.78 bits per heavy atom. The van der Waals surface area contributed by atoms with E-state index in [0.29, 0.717) is 0 Å². The van der Waals surface area contributed by atoms with Gasteiger partial charge in [0.15, 0.2) is 0 Å². The molecule has 27 heavy (non-hydrogen) atoms. The van der Waals surface area contributed by atoms with E-state index in [9.17, 15) is 0 Å². The standard InChI is InChI=1S/C22H28N4S/c1-5-26(6-2)16-8-10-18(15(4)12-16)25-21-20-17-9-7-14(3)11-19(17)27-22(20)24-13-23-21/h8,10,12-14H,5-7,9,11H2,1-4H3,(H,23,24,25). The van der Waals surface area contributed by atoms with Crippen LogP contribution in [-0.4, -0.2) is 23.1 Å². The van der Waals surface area contributed by atoms with Crippen LogP contribution >= 0.6 is 11.3 Å². The van der Waals surface area contributed by atoms with Gasteiger partial charge in [0.25, 0.3) is 0 Å². The van der Waals surface area contributed by atoms with E-state index in [0.717, 1.165) is 41.8 Å². The molecular weight excluding hydrogens is 352 g/mol. The summed E-state index contributed by atoms with van der Waals surface area (Å²) in [5, 5.41) is 4.83. The normalized spacial score (nSPS) is 16.4. The van der Waals surface area contributed by atoms with Gasteiger partial charge in [0.05, 0.1) is 5.39 Å². The maximum atomic E-state index is 4.61. The molecule has 5 heteroatoms. The molecule has 2 heterocycles. The van der Waals surface area contributed by atoms with E-state index < -0.39 is 0 Å². The van der Waals surface area contributed by atoms with Crippen LogP contribution in [0.1, 0.15) is 43.2 Å². The Balaban J connectivity index is 1.70. The number of benzene rings is 1. The van der Waals surface area contributed by atoms with Gasteiger partial charge in [-0.3, -0.25) is 0 Å². The van der Waals surface area contributed by atoms with Gasteiger partial charge in [-0.2, -0.15) is 0 Å². The van der Waals surface area contributed by atoms with Gasteiger partial charge >= 0.3 is 0 Å². The van der Waals surface area contributed by atoms with Gasteiger partial charge in [-0.25, -0.2) is 9.97 Å². The fourth-order valence-corrected chi connectivity index (χ4v) is 5.42. The lowest BCUT2D eigenvalue weighted by atomic mass is 9.89. The zero-order valence-electron chi connectivity index (χ0n) is 16.7. The Bertz CT molecular complexity index is 958. The molecule has 3 aromatic rings. The van der Waals surface area contributed by atoms with Gasteiger partial charge in [0, 0.05) is 29.3 Å². The summed E-state index contributed by atoms with van der Waals surface area (Å²) in [6.07, 6.45) is 5.26. The fourth-order valence-electron chi connectivity index (χ4n) is 4.07. The molecule has 0 saturated heterocycles. The minimum absolute atomic E-state index is 0.768. The van der Waals surface area contributed by atoms with Gasteiger partial charge in [-0.15, -0.1) is 11.3 Å². The molecule has 1 atom stereocenters. The first kappa shape index (κ1) is 18.2. The van der Waals surface area contributed by atoms with E-state index in [1.807, 2.05) is 11.3 Å². The molecule has 4 rings (SSSR count). The van der Waals surface area contributed by atoms with Gasteiger partial charge in [0.1, 0.15) is 17.0 Å². The Labute approximate surface area is 165 Å². The zero-order chi connectivity index (χ0) is 19.0. The van der Waals surface area contributed by atoms with E-state index in [2.05, 4.69) is 66.1 Å². The average molecular weight is 381 g/mol. The number of aromatic nitrogens is 2. The second-order valence-corrected chi connectivity index (χ2v) is 8.63. The van der Waals surface area contributed by atoms with E-state index in [1.165, 1.54) is 39.9 Å². The van der Waals surface area contributed by atoms with Crippen molar-refractivity contribution in [3.05, 3.63) is 40.5 Å². The maximum absolute atomic E-state index is 4.61. The molecule has 0 amide bonds. The number of aryl methyl sites for hydroxylation is 2. The van der Waals surface area contributed by atoms with Crippen molar-refractivity contribution in [2.75, 3.05) is 23.3 Å². The molecule has 0 aliphatic heterocycles. The third-order valence-electron chi connectivity index (χ3n) is 5.68. The summed E-state index contributed by atoms with van der Waals surface area (Å²) in [6.45, 7) is 11.0. The van der Waals surface area contributed by atoms with Crippen LogP contribution in [-0.2, 0) is 12.8 Å². The molecule has 1 aromatic carbocycles. The molecule has 142 valence electrons. The Hall–Kier alpha value is -2.14. The van der Waals surface area contributed by atoms with Crippen LogP contribution in [0.3, 0.4) is 0 Å². The highest BCUT2D eigenvalue weighted by Gasteiger charge is 2.23. The van der Waals surface area contributed by atoms with Crippen molar-refractivity contribution in [1.82, 2.24) is 9.97 Å². The molecule has 2 aromatic heterocycles. The first-order valence-corrected chi connectivity index (χ1v) is 10.8. The highest BCUT2D eigenvalue weighted by atomic mass is 32.1. The molecule has 1 aliphatic rings. The van der Waals surface area contributed by atoms with Crippen molar-refractivity contribution in [3.63, 3.8) is 0 Å². The van der Waals surface area contributed by atoms with Crippen LogP contribution in [0.4, 0.5) is 17.2 Å². The molecule has 0 radical (unpaired) electrons. The molecule has 0 spiro atoms. The lowest BCUT2D eigenvalue weighted by Gasteiger charge is -2.22. The first-order valence-electron chi connectivity index (χ1n) is 9.98. The van der Waals surface area contributed by atoms with Crippen LogP contribution in [0.25, 0.3) is 10.2 Å². The van der Waals surface area contributed by atoms with E-state index in [-0.39, 0.29) is 0 Å². The minimum Gasteiger partial charge on any atom is -0.372 e. The molecule has 0 saturated carbocycles. The number of rotatable bonds is 5. The van der Waals surface area contributed by atoms with Crippen molar-refractivity contribution in [2.24, 2.45) is 5.92 Å². The number of nitrogens with zero attached hydrogens (tertiary/aromatic N) is 3. The van der Waals surface area contributed by atoms with E-state index in [4.69, 9.17) is 0 Å². The van der Waals surface area contributed by atoms with Crippen LogP contribution in [0.5, 0.6) is 0 Å². The van der Waals surface area contributed by atoms with Crippen LogP contribution in [0.15, 0.2) is 24.5 Å². The molecule has 0 bridgehead atoms. The number of fused-ring (bicyclic) bond motifs is 3. The summed E-state index contributed by atoms with van der Waals surface area (Å²) >= 11 is 1.85. The summed E-state index contributed by atoms with van der Waals surface area (Å²) in [6, 6.07) is 6.64. The van der Waals surface area contributed by atoms with Crippen molar-refractivity contribution in [1.29, 1.82) is 0 Å². The van der Waals surface area contributed by atoms with E-state index >= 15 is 0 Å². The minimum atomic E-state index is 0.768. The summed E-state index contributed by atoms with van der Waals surface area (Å²) < 4.78 is 0. The highest BCUT2D eigenvalue weighted by molar-refractivity contribution is 7.19. The predicted molar refractivity (Wildman–Crippen MR) is 117 cm³/mol. The number of thiophene rings is 1. The van der Waals surface area contributed by atoms with Crippen molar-refractivity contribution < 1.29 is 0 Å².